The third kappa shape index (κ3) is 1.61. The second kappa shape index (κ2) is 4.04. The van der Waals surface area contributed by atoms with Crippen molar-refractivity contribution in [1.29, 1.82) is 5.26 Å². The number of rotatable bonds is 1. The Morgan fingerprint density at radius 2 is 1.82 bits per heavy atom. The van der Waals surface area contributed by atoms with E-state index in [0.29, 0.717) is 0 Å². The van der Waals surface area contributed by atoms with E-state index in [1.807, 2.05) is 41.8 Å². The molecule has 1 aromatic heterocycles. The monoisotopic (exact) mass is 235 g/mol. The molecule has 3 rings (SSSR count). The first-order valence-electron chi connectivity index (χ1n) is 5.36. The van der Waals surface area contributed by atoms with Gasteiger partial charge >= 0.3 is 0 Å². The summed E-state index contributed by atoms with van der Waals surface area (Å²) in [6.45, 7) is 0. The van der Waals surface area contributed by atoms with Crippen LogP contribution in [-0.2, 0) is 0 Å². The SMILES string of the molecule is N#Cc1c(-c2cccs2)ccc2ccccc12. The molecule has 0 fully saturated rings. The summed E-state index contributed by atoms with van der Waals surface area (Å²) in [5, 5.41) is 13.5. The molecule has 0 spiro atoms. The van der Waals surface area contributed by atoms with E-state index in [9.17, 15) is 5.26 Å². The minimum atomic E-state index is 0.769. The largest absolute Gasteiger partial charge is 0.192 e. The summed E-state index contributed by atoms with van der Waals surface area (Å²) in [6.07, 6.45) is 0. The Bertz CT molecular complexity index is 705. The van der Waals surface area contributed by atoms with Gasteiger partial charge in [0.15, 0.2) is 0 Å². The Hall–Kier alpha value is -2.11. The summed E-state index contributed by atoms with van der Waals surface area (Å²) in [6, 6.07) is 18.5. The van der Waals surface area contributed by atoms with E-state index >= 15 is 0 Å². The van der Waals surface area contributed by atoms with Crippen LogP contribution in [0, 0.1) is 11.3 Å². The number of hydrogen-bond acceptors (Lipinski definition) is 2. The molecule has 0 saturated carbocycles. The average molecular weight is 235 g/mol. The molecule has 0 aliphatic rings. The van der Waals surface area contributed by atoms with Crippen LogP contribution in [0.2, 0.25) is 0 Å². The van der Waals surface area contributed by atoms with Gasteiger partial charge in [0.2, 0.25) is 0 Å². The van der Waals surface area contributed by atoms with Crippen molar-refractivity contribution in [3.63, 3.8) is 0 Å². The zero-order chi connectivity index (χ0) is 11.7. The van der Waals surface area contributed by atoms with Gasteiger partial charge in [-0.1, -0.05) is 42.5 Å². The zero-order valence-corrected chi connectivity index (χ0v) is 9.87. The molecule has 0 saturated heterocycles. The normalized spacial score (nSPS) is 10.3. The highest BCUT2D eigenvalue weighted by atomic mass is 32.1. The maximum atomic E-state index is 9.37. The summed E-state index contributed by atoms with van der Waals surface area (Å²) in [5.41, 5.74) is 1.80. The van der Waals surface area contributed by atoms with Crippen molar-refractivity contribution < 1.29 is 0 Å². The Balaban J connectivity index is 2.38. The van der Waals surface area contributed by atoms with Crippen LogP contribution < -0.4 is 0 Å². The summed E-state index contributed by atoms with van der Waals surface area (Å²) >= 11 is 1.66. The molecular weight excluding hydrogens is 226 g/mol. The fourth-order valence-corrected chi connectivity index (χ4v) is 2.79. The molecule has 3 aromatic rings. The van der Waals surface area contributed by atoms with Gasteiger partial charge in [0.1, 0.15) is 6.07 Å². The van der Waals surface area contributed by atoms with Crippen molar-refractivity contribution in [1.82, 2.24) is 0 Å². The van der Waals surface area contributed by atoms with E-state index in [2.05, 4.69) is 18.2 Å². The Morgan fingerprint density at radius 3 is 2.59 bits per heavy atom. The molecule has 0 aliphatic heterocycles. The maximum absolute atomic E-state index is 9.37. The summed E-state index contributed by atoms with van der Waals surface area (Å²) in [5.74, 6) is 0. The van der Waals surface area contributed by atoms with Crippen LogP contribution in [0.5, 0.6) is 0 Å². The predicted octanol–water partition coefficient (Wildman–Crippen LogP) is 4.44. The minimum absolute atomic E-state index is 0.769. The van der Waals surface area contributed by atoms with E-state index in [1.165, 1.54) is 0 Å². The van der Waals surface area contributed by atoms with Gasteiger partial charge < -0.3 is 0 Å². The lowest BCUT2D eigenvalue weighted by Crippen LogP contribution is -1.84. The van der Waals surface area contributed by atoms with Crippen LogP contribution in [0.15, 0.2) is 53.9 Å². The lowest BCUT2D eigenvalue weighted by Gasteiger charge is -2.05. The van der Waals surface area contributed by atoms with Crippen molar-refractivity contribution in [2.45, 2.75) is 0 Å². The lowest BCUT2D eigenvalue weighted by atomic mass is 9.99. The average Bonchev–Trinajstić information content (AvgIpc) is 2.91. The van der Waals surface area contributed by atoms with Crippen LogP contribution in [0.25, 0.3) is 21.2 Å². The molecular formula is C15H9NS. The third-order valence-electron chi connectivity index (χ3n) is 2.83. The van der Waals surface area contributed by atoms with E-state index in [-0.39, 0.29) is 0 Å². The minimum Gasteiger partial charge on any atom is -0.192 e. The molecule has 2 heteroatoms. The first-order chi connectivity index (χ1) is 8.40. The second-order valence-corrected chi connectivity index (χ2v) is 4.75. The van der Waals surface area contributed by atoms with Crippen LogP contribution in [0.1, 0.15) is 5.56 Å². The van der Waals surface area contributed by atoms with Crippen molar-refractivity contribution in [2.75, 3.05) is 0 Å². The predicted molar refractivity (Wildman–Crippen MR) is 72.0 cm³/mol. The van der Waals surface area contributed by atoms with Crippen molar-refractivity contribution in [3.05, 3.63) is 59.5 Å². The van der Waals surface area contributed by atoms with Gasteiger partial charge in [0, 0.05) is 15.8 Å². The summed E-state index contributed by atoms with van der Waals surface area (Å²) in [7, 11) is 0. The van der Waals surface area contributed by atoms with Gasteiger partial charge in [-0.3, -0.25) is 0 Å². The van der Waals surface area contributed by atoms with Gasteiger partial charge in [-0.2, -0.15) is 5.26 Å². The number of nitrogens with zero attached hydrogens (tertiary/aromatic N) is 1. The molecule has 17 heavy (non-hydrogen) atoms. The van der Waals surface area contributed by atoms with Crippen molar-refractivity contribution in [3.8, 4) is 16.5 Å². The summed E-state index contributed by atoms with van der Waals surface area (Å²) < 4.78 is 0. The fraction of sp³-hybridized carbons (Fsp3) is 0. The summed E-state index contributed by atoms with van der Waals surface area (Å²) in [4.78, 5) is 1.15. The molecule has 2 aromatic carbocycles. The topological polar surface area (TPSA) is 23.8 Å². The van der Waals surface area contributed by atoms with Crippen molar-refractivity contribution in [2.24, 2.45) is 0 Å². The van der Waals surface area contributed by atoms with Gasteiger partial charge in [-0.05, 0) is 16.8 Å². The molecule has 80 valence electrons. The molecule has 0 N–H and O–H groups in total. The number of nitriles is 1. The number of fused-ring (bicyclic) bond motifs is 1. The van der Waals surface area contributed by atoms with Gasteiger partial charge in [-0.25, -0.2) is 0 Å². The molecule has 0 aliphatic carbocycles. The molecule has 0 unspecified atom stereocenters. The third-order valence-corrected chi connectivity index (χ3v) is 3.73. The van der Waals surface area contributed by atoms with Crippen molar-refractivity contribution >= 4 is 22.1 Å². The van der Waals surface area contributed by atoms with Gasteiger partial charge in [0.05, 0.1) is 5.56 Å². The zero-order valence-electron chi connectivity index (χ0n) is 9.05. The highest BCUT2D eigenvalue weighted by Crippen LogP contribution is 2.32. The second-order valence-electron chi connectivity index (χ2n) is 3.80. The lowest BCUT2D eigenvalue weighted by molar-refractivity contribution is 1.50. The fourth-order valence-electron chi connectivity index (χ4n) is 2.03. The highest BCUT2D eigenvalue weighted by molar-refractivity contribution is 7.13. The standard InChI is InChI=1S/C15H9NS/c16-10-14-12-5-2-1-4-11(12)7-8-13(14)15-6-3-9-17-15/h1-9H. The van der Waals surface area contributed by atoms with Crippen LogP contribution in [-0.4, -0.2) is 0 Å². The molecule has 0 radical (unpaired) electrons. The molecule has 1 heterocycles. The van der Waals surface area contributed by atoms with Gasteiger partial charge in [-0.15, -0.1) is 11.3 Å². The van der Waals surface area contributed by atoms with Crippen LogP contribution in [0.3, 0.4) is 0 Å². The smallest absolute Gasteiger partial charge is 0.100 e. The molecule has 0 atom stereocenters. The van der Waals surface area contributed by atoms with E-state index in [4.69, 9.17) is 0 Å². The first-order valence-corrected chi connectivity index (χ1v) is 6.24. The highest BCUT2D eigenvalue weighted by Gasteiger charge is 2.09. The molecule has 1 nitrogen and oxygen atoms in total. The molecule has 0 amide bonds. The van der Waals surface area contributed by atoms with Crippen LogP contribution >= 0.6 is 11.3 Å². The quantitative estimate of drug-likeness (QED) is 0.611. The van der Waals surface area contributed by atoms with Crippen LogP contribution in [0.4, 0.5) is 0 Å². The molecule has 0 bridgehead atoms. The Kier molecular flexibility index (Phi) is 2.40. The Labute approximate surface area is 104 Å². The maximum Gasteiger partial charge on any atom is 0.100 e. The number of benzene rings is 2. The van der Waals surface area contributed by atoms with E-state index < -0.39 is 0 Å². The van der Waals surface area contributed by atoms with Gasteiger partial charge in [0.25, 0.3) is 0 Å². The van der Waals surface area contributed by atoms with E-state index in [0.717, 1.165) is 26.8 Å². The number of hydrogen-bond donors (Lipinski definition) is 0. The first kappa shape index (κ1) is 10.1. The number of thiophene rings is 1. The Morgan fingerprint density at radius 1 is 0.941 bits per heavy atom. The van der Waals surface area contributed by atoms with E-state index in [1.54, 1.807) is 11.3 Å².